The average Bonchev–Trinajstić information content (AvgIpc) is 2.48. The van der Waals surface area contributed by atoms with Gasteiger partial charge in [0.15, 0.2) is 0 Å². The van der Waals surface area contributed by atoms with Crippen LogP contribution in [-0.4, -0.2) is 13.0 Å². The van der Waals surface area contributed by atoms with Gasteiger partial charge in [-0.25, -0.2) is 0 Å². The van der Waals surface area contributed by atoms with Crippen molar-refractivity contribution in [3.8, 4) is 5.75 Å². The first-order valence-electron chi connectivity index (χ1n) is 7.01. The van der Waals surface area contributed by atoms with Crippen LogP contribution in [0.1, 0.15) is 19.4 Å². The maximum atomic E-state index is 12.5. The molecule has 21 heavy (non-hydrogen) atoms. The number of carbonyl (C=O) groups excluding carboxylic acids is 1. The summed E-state index contributed by atoms with van der Waals surface area (Å²) in [6, 6.07) is 17.4. The van der Waals surface area contributed by atoms with Crippen molar-refractivity contribution in [1.82, 2.24) is 0 Å². The summed E-state index contributed by atoms with van der Waals surface area (Å²) in [6.07, 6.45) is 0.704. The fourth-order valence-electron chi connectivity index (χ4n) is 2.16. The lowest BCUT2D eigenvalue weighted by atomic mass is 9.84. The van der Waals surface area contributed by atoms with Gasteiger partial charge in [0.25, 0.3) is 0 Å². The van der Waals surface area contributed by atoms with Crippen LogP contribution in [-0.2, 0) is 11.2 Å². The van der Waals surface area contributed by atoms with Crippen LogP contribution in [0.15, 0.2) is 54.6 Å². The van der Waals surface area contributed by atoms with Crippen molar-refractivity contribution in [3.05, 3.63) is 60.2 Å². The zero-order chi connectivity index (χ0) is 15.3. The number of ether oxygens (including phenoxy) is 1. The molecule has 0 bridgehead atoms. The number of rotatable bonds is 5. The molecule has 0 spiro atoms. The topological polar surface area (TPSA) is 38.3 Å². The first-order valence-corrected chi connectivity index (χ1v) is 7.01. The van der Waals surface area contributed by atoms with Gasteiger partial charge in [-0.2, -0.15) is 0 Å². The van der Waals surface area contributed by atoms with Gasteiger partial charge in [-0.3, -0.25) is 4.79 Å². The summed E-state index contributed by atoms with van der Waals surface area (Å²) < 4.78 is 5.11. The molecule has 0 aliphatic rings. The maximum absolute atomic E-state index is 12.5. The Morgan fingerprint density at radius 3 is 2.24 bits per heavy atom. The van der Waals surface area contributed by atoms with Crippen LogP contribution < -0.4 is 10.1 Å². The highest BCUT2D eigenvalue weighted by Gasteiger charge is 2.27. The van der Waals surface area contributed by atoms with Crippen LogP contribution in [0.25, 0.3) is 0 Å². The molecule has 0 aliphatic heterocycles. The fourth-order valence-corrected chi connectivity index (χ4v) is 2.16. The molecule has 3 heteroatoms. The highest BCUT2D eigenvalue weighted by atomic mass is 16.5. The Hall–Kier alpha value is -2.29. The second kappa shape index (κ2) is 6.44. The van der Waals surface area contributed by atoms with E-state index in [1.807, 2.05) is 68.4 Å². The van der Waals surface area contributed by atoms with Gasteiger partial charge in [0, 0.05) is 11.1 Å². The molecule has 2 aromatic rings. The molecule has 0 saturated heterocycles. The van der Waals surface area contributed by atoms with Crippen LogP contribution in [0, 0.1) is 5.41 Å². The van der Waals surface area contributed by atoms with E-state index in [0.717, 1.165) is 17.0 Å². The Balaban J connectivity index is 2.03. The molecule has 1 N–H and O–H groups in total. The van der Waals surface area contributed by atoms with Crippen molar-refractivity contribution in [2.24, 2.45) is 5.41 Å². The first-order chi connectivity index (χ1) is 10.0. The molecule has 0 radical (unpaired) electrons. The third-order valence-electron chi connectivity index (χ3n) is 3.45. The maximum Gasteiger partial charge on any atom is 0.230 e. The monoisotopic (exact) mass is 283 g/mol. The van der Waals surface area contributed by atoms with E-state index in [4.69, 9.17) is 4.74 Å². The molecule has 0 atom stereocenters. The Morgan fingerprint density at radius 1 is 1.05 bits per heavy atom. The Morgan fingerprint density at radius 2 is 1.67 bits per heavy atom. The van der Waals surface area contributed by atoms with Crippen molar-refractivity contribution in [1.29, 1.82) is 0 Å². The molecule has 1 amide bonds. The minimum absolute atomic E-state index is 0.0107. The normalized spacial score (nSPS) is 11.0. The molecular weight excluding hydrogens is 262 g/mol. The average molecular weight is 283 g/mol. The smallest absolute Gasteiger partial charge is 0.230 e. The number of benzene rings is 2. The van der Waals surface area contributed by atoms with Gasteiger partial charge in [0.2, 0.25) is 5.91 Å². The van der Waals surface area contributed by atoms with Gasteiger partial charge >= 0.3 is 0 Å². The Kier molecular flexibility index (Phi) is 4.63. The summed E-state index contributed by atoms with van der Waals surface area (Å²) >= 11 is 0. The molecule has 2 rings (SSSR count). The fraction of sp³-hybridized carbons (Fsp3) is 0.278. The van der Waals surface area contributed by atoms with Gasteiger partial charge in [-0.05, 0) is 36.2 Å². The summed E-state index contributed by atoms with van der Waals surface area (Å²) in [6.45, 7) is 3.91. The lowest BCUT2D eigenvalue weighted by Crippen LogP contribution is -2.32. The molecule has 0 aliphatic carbocycles. The lowest BCUT2D eigenvalue weighted by molar-refractivity contribution is -0.123. The minimum Gasteiger partial charge on any atom is -0.497 e. The van der Waals surface area contributed by atoms with Gasteiger partial charge in [0.1, 0.15) is 5.75 Å². The van der Waals surface area contributed by atoms with Crippen LogP contribution in [0.3, 0.4) is 0 Å². The molecule has 0 saturated carbocycles. The van der Waals surface area contributed by atoms with Crippen LogP contribution >= 0.6 is 0 Å². The molecule has 2 aromatic carbocycles. The highest BCUT2D eigenvalue weighted by molar-refractivity contribution is 5.95. The van der Waals surface area contributed by atoms with Gasteiger partial charge in [-0.15, -0.1) is 0 Å². The molecule has 0 fully saturated rings. The van der Waals surface area contributed by atoms with Gasteiger partial charge < -0.3 is 10.1 Å². The van der Waals surface area contributed by atoms with Crippen molar-refractivity contribution in [3.63, 3.8) is 0 Å². The second-order valence-corrected chi connectivity index (χ2v) is 5.73. The molecular formula is C18H21NO2. The third-order valence-corrected chi connectivity index (χ3v) is 3.45. The van der Waals surface area contributed by atoms with Gasteiger partial charge in [-0.1, -0.05) is 44.2 Å². The van der Waals surface area contributed by atoms with E-state index in [0.29, 0.717) is 6.42 Å². The summed E-state index contributed by atoms with van der Waals surface area (Å²) in [4.78, 5) is 12.5. The van der Waals surface area contributed by atoms with Crippen molar-refractivity contribution < 1.29 is 9.53 Å². The van der Waals surface area contributed by atoms with E-state index in [9.17, 15) is 4.79 Å². The molecule has 110 valence electrons. The number of methoxy groups -OCH3 is 1. The quantitative estimate of drug-likeness (QED) is 0.903. The molecule has 3 nitrogen and oxygen atoms in total. The SMILES string of the molecule is COc1ccc(NC(=O)C(C)(C)Cc2ccccc2)cc1. The number of anilines is 1. The van der Waals surface area contributed by atoms with E-state index < -0.39 is 5.41 Å². The summed E-state index contributed by atoms with van der Waals surface area (Å²) in [7, 11) is 1.62. The molecule has 0 heterocycles. The number of amides is 1. The van der Waals surface area contributed by atoms with E-state index in [2.05, 4.69) is 5.32 Å². The number of carbonyl (C=O) groups is 1. The largest absolute Gasteiger partial charge is 0.497 e. The van der Waals surface area contributed by atoms with E-state index in [1.54, 1.807) is 7.11 Å². The summed E-state index contributed by atoms with van der Waals surface area (Å²) in [5, 5.41) is 2.96. The predicted octanol–water partition coefficient (Wildman–Crippen LogP) is 3.90. The zero-order valence-corrected chi connectivity index (χ0v) is 12.7. The van der Waals surface area contributed by atoms with Crippen molar-refractivity contribution in [2.75, 3.05) is 12.4 Å². The predicted molar refractivity (Wildman–Crippen MR) is 85.6 cm³/mol. The van der Waals surface area contributed by atoms with E-state index in [1.165, 1.54) is 0 Å². The number of hydrogen-bond acceptors (Lipinski definition) is 2. The second-order valence-electron chi connectivity index (χ2n) is 5.73. The minimum atomic E-state index is -0.471. The Bertz CT molecular complexity index is 588. The van der Waals surface area contributed by atoms with E-state index in [-0.39, 0.29) is 5.91 Å². The van der Waals surface area contributed by atoms with Crippen molar-refractivity contribution in [2.45, 2.75) is 20.3 Å². The van der Waals surface area contributed by atoms with Crippen LogP contribution in [0.5, 0.6) is 5.75 Å². The lowest BCUT2D eigenvalue weighted by Gasteiger charge is -2.23. The molecule has 0 aromatic heterocycles. The summed E-state index contributed by atoms with van der Waals surface area (Å²) in [5.41, 5.74) is 1.47. The highest BCUT2D eigenvalue weighted by Crippen LogP contribution is 2.24. The molecule has 0 unspecified atom stereocenters. The Labute approximate surface area is 126 Å². The van der Waals surface area contributed by atoms with E-state index >= 15 is 0 Å². The summed E-state index contributed by atoms with van der Waals surface area (Å²) in [5.74, 6) is 0.785. The zero-order valence-electron chi connectivity index (χ0n) is 12.7. The third kappa shape index (κ3) is 4.09. The first kappa shape index (κ1) is 15.1. The van der Waals surface area contributed by atoms with Crippen molar-refractivity contribution >= 4 is 11.6 Å². The van der Waals surface area contributed by atoms with Gasteiger partial charge in [0.05, 0.1) is 7.11 Å². The van der Waals surface area contributed by atoms with Crippen LogP contribution in [0.4, 0.5) is 5.69 Å². The number of nitrogens with one attached hydrogen (secondary N) is 1. The number of hydrogen-bond donors (Lipinski definition) is 1. The van der Waals surface area contributed by atoms with Crippen LogP contribution in [0.2, 0.25) is 0 Å². The standard InChI is InChI=1S/C18H21NO2/c1-18(2,13-14-7-5-4-6-8-14)17(20)19-15-9-11-16(21-3)12-10-15/h4-12H,13H2,1-3H3,(H,19,20).